The van der Waals surface area contributed by atoms with Gasteiger partial charge >= 0.3 is 0 Å². The molecular formula is C20H19N5. The molecule has 124 valence electrons. The van der Waals surface area contributed by atoms with Gasteiger partial charge in [0.25, 0.3) is 0 Å². The minimum Gasteiger partial charge on any atom is -0.368 e. The number of hydrogen-bond acceptors (Lipinski definition) is 5. The first-order chi connectivity index (χ1) is 12.2. The molecule has 0 atom stereocenters. The lowest BCUT2D eigenvalue weighted by atomic mass is 10.2. The predicted octanol–water partition coefficient (Wildman–Crippen LogP) is 3.14. The molecule has 0 radical (unpaired) electrons. The highest BCUT2D eigenvalue weighted by molar-refractivity contribution is 5.77. The Kier molecular flexibility index (Phi) is 3.95. The summed E-state index contributed by atoms with van der Waals surface area (Å²) in [7, 11) is 0. The molecule has 3 aromatic rings. The Bertz CT molecular complexity index is 934. The fraction of sp³-hybridized carbons (Fsp3) is 0.250. The molecule has 0 amide bonds. The van der Waals surface area contributed by atoms with E-state index in [9.17, 15) is 5.26 Å². The quantitative estimate of drug-likeness (QED) is 0.723. The van der Waals surface area contributed by atoms with Gasteiger partial charge in [-0.25, -0.2) is 9.97 Å². The second-order valence-corrected chi connectivity index (χ2v) is 6.31. The van der Waals surface area contributed by atoms with Gasteiger partial charge in [-0.1, -0.05) is 29.8 Å². The van der Waals surface area contributed by atoms with Crippen LogP contribution < -0.4 is 9.80 Å². The van der Waals surface area contributed by atoms with Crippen molar-refractivity contribution in [1.29, 1.82) is 5.26 Å². The van der Waals surface area contributed by atoms with Gasteiger partial charge in [-0.05, 0) is 31.2 Å². The van der Waals surface area contributed by atoms with Crippen molar-refractivity contribution in [1.82, 2.24) is 9.97 Å². The van der Waals surface area contributed by atoms with Crippen molar-refractivity contribution in [2.45, 2.75) is 6.92 Å². The van der Waals surface area contributed by atoms with Crippen LogP contribution in [-0.4, -0.2) is 36.1 Å². The highest BCUT2D eigenvalue weighted by Gasteiger charge is 2.22. The lowest BCUT2D eigenvalue weighted by Gasteiger charge is -2.36. The Morgan fingerprint density at radius 1 is 0.840 bits per heavy atom. The van der Waals surface area contributed by atoms with Gasteiger partial charge in [0.15, 0.2) is 11.5 Å². The topological polar surface area (TPSA) is 56.1 Å². The molecule has 0 saturated carbocycles. The molecule has 5 nitrogen and oxygen atoms in total. The van der Waals surface area contributed by atoms with Gasteiger partial charge in [0.05, 0.1) is 11.0 Å². The normalized spacial score (nSPS) is 14.6. The lowest BCUT2D eigenvalue weighted by Crippen LogP contribution is -2.47. The first-order valence-electron chi connectivity index (χ1n) is 8.48. The molecule has 0 unspecified atom stereocenters. The maximum Gasteiger partial charge on any atom is 0.183 e. The molecular weight excluding hydrogens is 310 g/mol. The number of nitriles is 1. The Labute approximate surface area is 147 Å². The summed E-state index contributed by atoms with van der Waals surface area (Å²) in [4.78, 5) is 13.7. The van der Waals surface area contributed by atoms with E-state index in [1.807, 2.05) is 24.3 Å². The monoisotopic (exact) mass is 329 g/mol. The van der Waals surface area contributed by atoms with Crippen molar-refractivity contribution >= 4 is 22.5 Å². The molecule has 5 heteroatoms. The number of anilines is 2. The number of aromatic nitrogens is 2. The molecule has 2 heterocycles. The van der Waals surface area contributed by atoms with E-state index in [-0.39, 0.29) is 0 Å². The zero-order valence-electron chi connectivity index (χ0n) is 14.2. The molecule has 0 aliphatic carbocycles. The summed E-state index contributed by atoms with van der Waals surface area (Å²) in [5.41, 5.74) is 4.52. The third-order valence-electron chi connectivity index (χ3n) is 4.64. The largest absolute Gasteiger partial charge is 0.368 e. The van der Waals surface area contributed by atoms with E-state index >= 15 is 0 Å². The van der Waals surface area contributed by atoms with Gasteiger partial charge in [-0.2, -0.15) is 5.26 Å². The first kappa shape index (κ1) is 15.4. The third kappa shape index (κ3) is 2.99. The van der Waals surface area contributed by atoms with Crippen LogP contribution >= 0.6 is 0 Å². The van der Waals surface area contributed by atoms with E-state index in [2.05, 4.69) is 52.0 Å². The van der Waals surface area contributed by atoms with Crippen LogP contribution in [-0.2, 0) is 0 Å². The third-order valence-corrected chi connectivity index (χ3v) is 4.64. The summed E-state index contributed by atoms with van der Waals surface area (Å²) in [5, 5.41) is 9.47. The molecule has 0 spiro atoms. The molecule has 1 aromatic heterocycles. The van der Waals surface area contributed by atoms with Crippen LogP contribution in [0.5, 0.6) is 0 Å². The minimum absolute atomic E-state index is 0.405. The van der Waals surface area contributed by atoms with Gasteiger partial charge in [0.2, 0.25) is 0 Å². The van der Waals surface area contributed by atoms with Gasteiger partial charge in [-0.15, -0.1) is 0 Å². The fourth-order valence-corrected chi connectivity index (χ4v) is 3.22. The number of para-hydroxylation sites is 2. The van der Waals surface area contributed by atoms with Crippen LogP contribution in [0.4, 0.5) is 11.5 Å². The van der Waals surface area contributed by atoms with Crippen LogP contribution in [0.3, 0.4) is 0 Å². The molecule has 2 aromatic carbocycles. The standard InChI is InChI=1S/C20H19N5/c1-15-6-8-16(9-7-15)24-10-12-25(13-11-24)20-19(14-21)22-17-4-2-3-5-18(17)23-20/h2-9H,10-13H2,1H3. The zero-order chi connectivity index (χ0) is 17.2. The fourth-order valence-electron chi connectivity index (χ4n) is 3.22. The van der Waals surface area contributed by atoms with Gasteiger partial charge < -0.3 is 9.80 Å². The summed E-state index contributed by atoms with van der Waals surface area (Å²) in [6.07, 6.45) is 0. The SMILES string of the molecule is Cc1ccc(N2CCN(c3nc4ccccc4nc3C#N)CC2)cc1. The molecule has 4 rings (SSSR count). The zero-order valence-corrected chi connectivity index (χ0v) is 14.2. The van der Waals surface area contributed by atoms with Crippen LogP contribution in [0.25, 0.3) is 11.0 Å². The molecule has 1 fully saturated rings. The summed E-state index contributed by atoms with van der Waals surface area (Å²) in [6, 6.07) is 18.5. The molecule has 0 bridgehead atoms. The summed E-state index contributed by atoms with van der Waals surface area (Å²) >= 11 is 0. The first-order valence-corrected chi connectivity index (χ1v) is 8.48. The van der Waals surface area contributed by atoms with E-state index in [0.29, 0.717) is 11.5 Å². The van der Waals surface area contributed by atoms with Crippen molar-refractivity contribution in [2.24, 2.45) is 0 Å². The average Bonchev–Trinajstić information content (AvgIpc) is 2.67. The van der Waals surface area contributed by atoms with Gasteiger partial charge in [-0.3, -0.25) is 0 Å². The average molecular weight is 329 g/mol. The Balaban J connectivity index is 1.57. The van der Waals surface area contributed by atoms with E-state index in [4.69, 9.17) is 4.98 Å². The van der Waals surface area contributed by atoms with Gasteiger partial charge in [0.1, 0.15) is 6.07 Å². The molecule has 1 saturated heterocycles. The molecule has 0 N–H and O–H groups in total. The summed E-state index contributed by atoms with van der Waals surface area (Å²) in [5.74, 6) is 0.699. The number of piperazine rings is 1. The van der Waals surface area contributed by atoms with E-state index in [1.165, 1.54) is 11.3 Å². The number of aryl methyl sites for hydroxylation is 1. The maximum atomic E-state index is 9.47. The Morgan fingerprint density at radius 2 is 1.44 bits per heavy atom. The highest BCUT2D eigenvalue weighted by Crippen LogP contribution is 2.23. The van der Waals surface area contributed by atoms with Crippen molar-refractivity contribution in [2.75, 3.05) is 36.0 Å². The molecule has 1 aliphatic rings. The number of rotatable bonds is 2. The van der Waals surface area contributed by atoms with E-state index in [1.54, 1.807) is 0 Å². The summed E-state index contributed by atoms with van der Waals surface area (Å²) < 4.78 is 0. The van der Waals surface area contributed by atoms with E-state index < -0.39 is 0 Å². The minimum atomic E-state index is 0.405. The Hall–Kier alpha value is -3.13. The van der Waals surface area contributed by atoms with Crippen LogP contribution in [0.2, 0.25) is 0 Å². The second kappa shape index (κ2) is 6.40. The van der Waals surface area contributed by atoms with Crippen LogP contribution in [0, 0.1) is 18.3 Å². The predicted molar refractivity (Wildman–Crippen MR) is 99.9 cm³/mol. The second-order valence-electron chi connectivity index (χ2n) is 6.31. The van der Waals surface area contributed by atoms with Crippen molar-refractivity contribution in [3.8, 4) is 6.07 Å². The lowest BCUT2D eigenvalue weighted by molar-refractivity contribution is 0.646. The molecule has 1 aliphatic heterocycles. The number of benzene rings is 2. The van der Waals surface area contributed by atoms with Crippen LogP contribution in [0.1, 0.15) is 11.3 Å². The summed E-state index contributed by atoms with van der Waals surface area (Å²) in [6.45, 7) is 5.57. The van der Waals surface area contributed by atoms with Gasteiger partial charge in [0, 0.05) is 31.9 Å². The maximum absolute atomic E-state index is 9.47. The highest BCUT2D eigenvalue weighted by atomic mass is 15.3. The number of nitrogens with zero attached hydrogens (tertiary/aromatic N) is 5. The smallest absolute Gasteiger partial charge is 0.183 e. The Morgan fingerprint density at radius 3 is 2.08 bits per heavy atom. The number of fused-ring (bicyclic) bond motifs is 1. The number of hydrogen-bond donors (Lipinski definition) is 0. The van der Waals surface area contributed by atoms with Crippen molar-refractivity contribution < 1.29 is 0 Å². The van der Waals surface area contributed by atoms with Crippen molar-refractivity contribution in [3.63, 3.8) is 0 Å². The van der Waals surface area contributed by atoms with E-state index in [0.717, 1.165) is 37.2 Å². The molecule has 25 heavy (non-hydrogen) atoms. The van der Waals surface area contributed by atoms with Crippen LogP contribution in [0.15, 0.2) is 48.5 Å². The van der Waals surface area contributed by atoms with Crippen molar-refractivity contribution in [3.05, 3.63) is 59.8 Å².